The van der Waals surface area contributed by atoms with Crippen LogP contribution in [0.4, 0.5) is 35.0 Å². The van der Waals surface area contributed by atoms with Crippen molar-refractivity contribution in [1.82, 2.24) is 4.90 Å². The average Bonchev–Trinajstić information content (AvgIpc) is 2.85. The van der Waals surface area contributed by atoms with Crippen molar-refractivity contribution in [1.29, 1.82) is 0 Å². The summed E-state index contributed by atoms with van der Waals surface area (Å²) in [5.41, 5.74) is -0.379. The number of hydrogen-bond acceptors (Lipinski definition) is 4. The molecular formula is C25H23F3N4O3. The molecule has 35 heavy (non-hydrogen) atoms. The van der Waals surface area contributed by atoms with Crippen LogP contribution in [0.15, 0.2) is 72.8 Å². The molecule has 0 saturated carbocycles. The van der Waals surface area contributed by atoms with E-state index in [0.717, 1.165) is 17.8 Å². The van der Waals surface area contributed by atoms with E-state index in [4.69, 9.17) is 0 Å². The Morgan fingerprint density at radius 2 is 1.54 bits per heavy atom. The number of nitrogens with one attached hydrogen (secondary N) is 2. The zero-order chi connectivity index (χ0) is 25.0. The van der Waals surface area contributed by atoms with Gasteiger partial charge in [-0.25, -0.2) is 4.79 Å². The zero-order valence-electron chi connectivity index (χ0n) is 18.5. The Hall–Kier alpha value is -4.21. The van der Waals surface area contributed by atoms with E-state index in [1.54, 1.807) is 48.5 Å². The van der Waals surface area contributed by atoms with Crippen LogP contribution in [0, 0.1) is 0 Å². The molecule has 1 heterocycles. The second-order valence-electron chi connectivity index (χ2n) is 8.00. The fourth-order valence-electron chi connectivity index (χ4n) is 3.81. The van der Waals surface area contributed by atoms with E-state index in [1.807, 2.05) is 11.0 Å². The Kier molecular flexibility index (Phi) is 6.81. The number of aromatic hydroxyl groups is 1. The number of rotatable bonds is 4. The minimum atomic E-state index is -4.75. The van der Waals surface area contributed by atoms with Crippen LogP contribution >= 0.6 is 0 Å². The number of carbonyl (C=O) groups excluding carboxylic acids is 2. The van der Waals surface area contributed by atoms with Gasteiger partial charge in [0.15, 0.2) is 0 Å². The lowest BCUT2D eigenvalue weighted by atomic mass is 10.1. The normalized spacial score (nSPS) is 13.9. The Balaban J connectivity index is 1.43. The van der Waals surface area contributed by atoms with Gasteiger partial charge < -0.3 is 25.5 Å². The number of halogens is 3. The van der Waals surface area contributed by atoms with Crippen LogP contribution in [-0.2, 0) is 6.18 Å². The molecule has 182 valence electrons. The molecule has 3 amide bonds. The molecule has 7 nitrogen and oxygen atoms in total. The SMILES string of the molecule is O=C(Nc1ccc(NC(=O)N2CCN(c3cccc(O)c3)CC2)c(C(F)(F)F)c1)c1ccccc1. The maximum absolute atomic E-state index is 13.7. The monoisotopic (exact) mass is 484 g/mol. The van der Waals surface area contributed by atoms with Crippen molar-refractivity contribution in [3.05, 3.63) is 83.9 Å². The largest absolute Gasteiger partial charge is 0.508 e. The summed E-state index contributed by atoms with van der Waals surface area (Å²) >= 11 is 0. The van der Waals surface area contributed by atoms with E-state index in [0.29, 0.717) is 31.7 Å². The third-order valence-electron chi connectivity index (χ3n) is 5.62. The van der Waals surface area contributed by atoms with Crippen LogP contribution in [0.3, 0.4) is 0 Å². The number of amides is 3. The summed E-state index contributed by atoms with van der Waals surface area (Å²) < 4.78 is 41.2. The van der Waals surface area contributed by atoms with Gasteiger partial charge in [-0.05, 0) is 42.5 Å². The summed E-state index contributed by atoms with van der Waals surface area (Å²) in [4.78, 5) is 28.4. The highest BCUT2D eigenvalue weighted by Gasteiger charge is 2.35. The van der Waals surface area contributed by atoms with Gasteiger partial charge in [-0.2, -0.15) is 13.2 Å². The molecule has 0 spiro atoms. The smallest absolute Gasteiger partial charge is 0.418 e. The van der Waals surface area contributed by atoms with Crippen molar-refractivity contribution in [2.24, 2.45) is 0 Å². The maximum Gasteiger partial charge on any atom is 0.418 e. The summed E-state index contributed by atoms with van der Waals surface area (Å²) in [5.74, 6) is -0.411. The standard InChI is InChI=1S/C25H23F3N4O3/c26-25(27,28)21-15-18(29-23(34)17-5-2-1-3-6-17)9-10-22(21)30-24(35)32-13-11-31(12-14-32)19-7-4-8-20(33)16-19/h1-10,15-16,33H,11-14H2,(H,29,34)(H,30,35). The maximum atomic E-state index is 13.7. The molecule has 0 atom stereocenters. The first-order valence-electron chi connectivity index (χ1n) is 10.9. The van der Waals surface area contributed by atoms with Crippen LogP contribution in [0.25, 0.3) is 0 Å². The Morgan fingerprint density at radius 1 is 0.829 bits per heavy atom. The quantitative estimate of drug-likeness (QED) is 0.486. The number of phenols is 1. The highest BCUT2D eigenvalue weighted by Crippen LogP contribution is 2.37. The van der Waals surface area contributed by atoms with Crippen LogP contribution in [0.5, 0.6) is 5.75 Å². The van der Waals surface area contributed by atoms with Crippen molar-refractivity contribution >= 4 is 29.0 Å². The van der Waals surface area contributed by atoms with E-state index in [-0.39, 0.29) is 11.4 Å². The lowest BCUT2D eigenvalue weighted by Crippen LogP contribution is -2.50. The van der Waals surface area contributed by atoms with E-state index in [1.165, 1.54) is 11.0 Å². The van der Waals surface area contributed by atoms with E-state index >= 15 is 0 Å². The number of piperazine rings is 1. The molecule has 0 aromatic heterocycles. The third-order valence-corrected chi connectivity index (χ3v) is 5.62. The number of carbonyl (C=O) groups is 2. The Labute approximate surface area is 199 Å². The topological polar surface area (TPSA) is 84.9 Å². The number of hydrogen-bond donors (Lipinski definition) is 3. The first-order valence-corrected chi connectivity index (χ1v) is 10.9. The molecule has 1 saturated heterocycles. The molecule has 3 N–H and O–H groups in total. The summed E-state index contributed by atoms with van der Waals surface area (Å²) in [5, 5.41) is 14.5. The fourth-order valence-corrected chi connectivity index (χ4v) is 3.81. The number of benzene rings is 3. The first-order chi connectivity index (χ1) is 16.7. The van der Waals surface area contributed by atoms with Gasteiger partial charge in [-0.3, -0.25) is 4.79 Å². The molecule has 1 aliphatic heterocycles. The van der Waals surface area contributed by atoms with Gasteiger partial charge in [0, 0.05) is 49.2 Å². The van der Waals surface area contributed by atoms with Crippen molar-refractivity contribution in [2.45, 2.75) is 6.18 Å². The van der Waals surface area contributed by atoms with Gasteiger partial charge in [0.05, 0.1) is 11.3 Å². The lowest BCUT2D eigenvalue weighted by molar-refractivity contribution is -0.136. The summed E-state index contributed by atoms with van der Waals surface area (Å²) in [6.45, 7) is 1.53. The third kappa shape index (κ3) is 5.84. The predicted octanol–water partition coefficient (Wildman–Crippen LogP) is 5.02. The number of phenolic OH excluding ortho intramolecular Hbond substituents is 1. The second kappa shape index (κ2) is 9.96. The molecule has 0 radical (unpaired) electrons. The van der Waals surface area contributed by atoms with Gasteiger partial charge in [0.25, 0.3) is 5.91 Å². The predicted molar refractivity (Wildman–Crippen MR) is 127 cm³/mol. The fraction of sp³-hybridized carbons (Fsp3) is 0.200. The van der Waals surface area contributed by atoms with E-state index in [2.05, 4.69) is 10.6 Å². The highest BCUT2D eigenvalue weighted by atomic mass is 19.4. The number of anilines is 3. The van der Waals surface area contributed by atoms with E-state index < -0.39 is 29.4 Å². The van der Waals surface area contributed by atoms with Crippen molar-refractivity contribution in [3.63, 3.8) is 0 Å². The van der Waals surface area contributed by atoms with Crippen molar-refractivity contribution in [3.8, 4) is 5.75 Å². The van der Waals surface area contributed by atoms with Crippen LogP contribution < -0.4 is 15.5 Å². The zero-order valence-corrected chi connectivity index (χ0v) is 18.5. The van der Waals surface area contributed by atoms with Gasteiger partial charge >= 0.3 is 12.2 Å². The van der Waals surface area contributed by atoms with Crippen LogP contribution in [-0.4, -0.2) is 48.1 Å². The molecule has 0 aliphatic carbocycles. The highest BCUT2D eigenvalue weighted by molar-refractivity contribution is 6.04. The lowest BCUT2D eigenvalue weighted by Gasteiger charge is -2.36. The summed E-state index contributed by atoms with van der Waals surface area (Å²) in [7, 11) is 0. The minimum Gasteiger partial charge on any atom is -0.508 e. The molecule has 4 rings (SSSR count). The van der Waals surface area contributed by atoms with Gasteiger partial charge in [-0.1, -0.05) is 24.3 Å². The second-order valence-corrected chi connectivity index (χ2v) is 8.00. The Morgan fingerprint density at radius 3 is 2.20 bits per heavy atom. The minimum absolute atomic E-state index is 0.0381. The average molecular weight is 484 g/mol. The van der Waals surface area contributed by atoms with Gasteiger partial charge in [0.2, 0.25) is 0 Å². The molecule has 1 fully saturated rings. The molecule has 0 bridgehead atoms. The molecule has 1 aliphatic rings. The summed E-state index contributed by atoms with van der Waals surface area (Å²) in [6.07, 6.45) is -4.75. The molecule has 3 aromatic rings. The van der Waals surface area contributed by atoms with Gasteiger partial charge in [-0.15, -0.1) is 0 Å². The molecular weight excluding hydrogens is 461 g/mol. The molecule has 10 heteroatoms. The van der Waals surface area contributed by atoms with Crippen LogP contribution in [0.2, 0.25) is 0 Å². The molecule has 3 aromatic carbocycles. The number of urea groups is 1. The Bertz CT molecular complexity index is 1210. The van der Waals surface area contributed by atoms with Crippen molar-refractivity contribution < 1.29 is 27.9 Å². The number of alkyl halides is 3. The molecule has 0 unspecified atom stereocenters. The van der Waals surface area contributed by atoms with Gasteiger partial charge in [0.1, 0.15) is 5.75 Å². The first kappa shape index (κ1) is 23.9. The number of nitrogens with zero attached hydrogens (tertiary/aromatic N) is 2. The summed E-state index contributed by atoms with van der Waals surface area (Å²) in [6, 6.07) is 17.5. The van der Waals surface area contributed by atoms with E-state index in [9.17, 15) is 27.9 Å². The van der Waals surface area contributed by atoms with Crippen LogP contribution in [0.1, 0.15) is 15.9 Å². The van der Waals surface area contributed by atoms with Crippen molar-refractivity contribution in [2.75, 3.05) is 41.7 Å².